The molecule has 0 saturated heterocycles. The van der Waals surface area contributed by atoms with Crippen LogP contribution in [0.4, 0.5) is 0 Å². The Hall–Kier alpha value is 0.0900. The second-order valence-electron chi connectivity index (χ2n) is 0.201. The van der Waals surface area contributed by atoms with Gasteiger partial charge in [-0.3, -0.25) is 10.5 Å². The molecular formula is H3ClO5. The summed E-state index contributed by atoms with van der Waals surface area (Å²) in [4.78, 5) is 0. The summed E-state index contributed by atoms with van der Waals surface area (Å²) in [5.41, 5.74) is 0. The predicted molar refractivity (Wildman–Crippen MR) is 7.48 cm³/mol. The maximum absolute atomic E-state index is 8.52. The minimum atomic E-state index is -2.60. The van der Waals surface area contributed by atoms with Crippen LogP contribution in [0.15, 0.2) is 0 Å². The van der Waals surface area contributed by atoms with E-state index in [9.17, 15) is 0 Å². The van der Waals surface area contributed by atoms with Crippen LogP contribution >= 0.6 is 0 Å². The first-order chi connectivity index (χ1) is 2.73. The van der Waals surface area contributed by atoms with Gasteiger partial charge in [0.1, 0.15) is 0 Å². The van der Waals surface area contributed by atoms with Gasteiger partial charge in [0.15, 0.2) is 0 Å². The molecule has 0 aromatic carbocycles. The second kappa shape index (κ2) is 8.92. The van der Waals surface area contributed by atoms with Crippen LogP contribution in [0.1, 0.15) is 0 Å². The first-order valence-electron chi connectivity index (χ1n) is 0.678. The van der Waals surface area contributed by atoms with E-state index in [0.717, 1.165) is 0 Å². The van der Waals surface area contributed by atoms with E-state index in [2.05, 4.69) is 0 Å². The SMILES string of the molecule is OO.[O-][Cl+2]([O-])O. The average molecular weight is 118 g/mol. The molecule has 0 aromatic rings. The Balaban J connectivity index is 0. The standard InChI is InChI=1S/ClHO3.H2O2/c2-1(3)4;1-2/h2H;1-2H. The van der Waals surface area contributed by atoms with E-state index in [4.69, 9.17) is 24.5 Å². The van der Waals surface area contributed by atoms with Crippen LogP contribution in [0.5, 0.6) is 0 Å². The van der Waals surface area contributed by atoms with Crippen molar-refractivity contribution in [1.29, 1.82) is 0 Å². The zero-order valence-corrected chi connectivity index (χ0v) is 3.29. The molecule has 0 fully saturated rings. The monoisotopic (exact) mass is 118 g/mol. The van der Waals surface area contributed by atoms with E-state index in [1.54, 1.807) is 0 Å². The first-order valence-corrected chi connectivity index (χ1v) is 1.63. The maximum atomic E-state index is 8.52. The van der Waals surface area contributed by atoms with Crippen LogP contribution in [0.2, 0.25) is 0 Å². The molecule has 6 heteroatoms. The molecule has 0 saturated carbocycles. The lowest BCUT2D eigenvalue weighted by Crippen LogP contribution is -2.30. The fourth-order valence-electron chi connectivity index (χ4n) is 0. The molecule has 0 atom stereocenters. The molecule has 0 aromatic heterocycles. The van der Waals surface area contributed by atoms with Crippen molar-refractivity contribution in [3.8, 4) is 0 Å². The van der Waals surface area contributed by atoms with E-state index in [0.29, 0.717) is 0 Å². The third-order valence-electron chi connectivity index (χ3n) is 0. The minimum Gasteiger partial charge on any atom is -0.321 e. The van der Waals surface area contributed by atoms with Crippen LogP contribution in [0, 0.1) is 10.8 Å². The van der Waals surface area contributed by atoms with Gasteiger partial charge in [-0.1, -0.05) is 0 Å². The molecule has 0 bridgehead atoms. The maximum Gasteiger partial charge on any atom is 0.282 e. The number of hydrogen-bond acceptors (Lipinski definition) is 5. The van der Waals surface area contributed by atoms with Crippen molar-refractivity contribution < 1.29 is 35.3 Å². The van der Waals surface area contributed by atoms with Crippen molar-refractivity contribution in [2.24, 2.45) is 0 Å². The normalized spacial score (nSPS) is 7.00. The summed E-state index contributed by atoms with van der Waals surface area (Å²) in [6.45, 7) is 0. The summed E-state index contributed by atoms with van der Waals surface area (Å²) in [7, 11) is -2.60. The van der Waals surface area contributed by atoms with Gasteiger partial charge in [-0.2, -0.15) is 0 Å². The summed E-state index contributed by atoms with van der Waals surface area (Å²) in [5, 5.41) is 12.0. The van der Waals surface area contributed by atoms with E-state index in [-0.39, 0.29) is 0 Å². The Labute approximate surface area is 36.4 Å². The molecule has 3 N–H and O–H groups in total. The molecule has 0 unspecified atom stereocenters. The molecule has 5 nitrogen and oxygen atoms in total. The van der Waals surface area contributed by atoms with Gasteiger partial charge >= 0.3 is 0 Å². The van der Waals surface area contributed by atoms with Crippen molar-refractivity contribution in [2.75, 3.05) is 0 Å². The third kappa shape index (κ3) is 4820. The molecule has 0 radical (unpaired) electrons. The third-order valence-corrected chi connectivity index (χ3v) is 0. The molecule has 0 amide bonds. The smallest absolute Gasteiger partial charge is 0.282 e. The van der Waals surface area contributed by atoms with E-state index in [1.807, 2.05) is 0 Å². The van der Waals surface area contributed by atoms with Crippen LogP contribution in [0.25, 0.3) is 0 Å². The molecule has 0 aliphatic carbocycles. The van der Waals surface area contributed by atoms with E-state index >= 15 is 0 Å². The first kappa shape index (κ1) is 9.43. The molecule has 0 aliphatic heterocycles. The molecule has 40 valence electrons. The predicted octanol–water partition coefficient (Wildman–Crippen LogP) is -2.92. The molecule has 0 heterocycles. The Morgan fingerprint density at radius 3 is 1.17 bits per heavy atom. The van der Waals surface area contributed by atoms with Gasteiger partial charge in [0.05, 0.1) is 0 Å². The molecule has 0 rings (SSSR count). The fraction of sp³-hybridized carbons (Fsp3) is 0. The van der Waals surface area contributed by atoms with Crippen molar-refractivity contribution in [3.05, 3.63) is 0 Å². The van der Waals surface area contributed by atoms with E-state index in [1.165, 1.54) is 0 Å². The van der Waals surface area contributed by atoms with Gasteiger partial charge < -0.3 is 9.32 Å². The van der Waals surface area contributed by atoms with E-state index < -0.39 is 10.8 Å². The van der Waals surface area contributed by atoms with Crippen molar-refractivity contribution >= 4 is 0 Å². The van der Waals surface area contributed by atoms with Crippen LogP contribution < -0.4 is 9.32 Å². The minimum absolute atomic E-state index is 2.60. The summed E-state index contributed by atoms with van der Waals surface area (Å²) < 4.78 is 24.0. The zero-order valence-electron chi connectivity index (χ0n) is 2.54. The Morgan fingerprint density at radius 1 is 1.17 bits per heavy atom. The summed E-state index contributed by atoms with van der Waals surface area (Å²) in [5.74, 6) is 0. The quantitative estimate of drug-likeness (QED) is 0.233. The number of rotatable bonds is 0. The van der Waals surface area contributed by atoms with Gasteiger partial charge in [-0.25, -0.2) is 0 Å². The van der Waals surface area contributed by atoms with Crippen molar-refractivity contribution in [1.82, 2.24) is 0 Å². The number of halogens is 1. The van der Waals surface area contributed by atoms with Crippen LogP contribution in [-0.2, 0) is 0 Å². The van der Waals surface area contributed by atoms with Gasteiger partial charge in [-0.05, 0) is 0 Å². The topological polar surface area (TPSA) is 107 Å². The Bertz CT molecular complexity index is 8.66. The lowest BCUT2D eigenvalue weighted by molar-refractivity contribution is -1.63. The highest BCUT2D eigenvalue weighted by atomic mass is 35.6. The summed E-state index contributed by atoms with van der Waals surface area (Å²) in [6, 6.07) is 0. The number of hydrogen-bond donors (Lipinski definition) is 3. The highest BCUT2D eigenvalue weighted by Gasteiger charge is 1.79. The summed E-state index contributed by atoms with van der Waals surface area (Å²) in [6.07, 6.45) is 0. The molecular weight excluding hydrogens is 115 g/mol. The largest absolute Gasteiger partial charge is 0.321 e. The summed E-state index contributed by atoms with van der Waals surface area (Å²) >= 11 is 0. The van der Waals surface area contributed by atoms with Gasteiger partial charge in [0, 0.05) is 4.66 Å². The second-order valence-corrected chi connectivity index (χ2v) is 0.603. The van der Waals surface area contributed by atoms with Gasteiger partial charge in [0.25, 0.3) is 10.8 Å². The van der Waals surface area contributed by atoms with Crippen molar-refractivity contribution in [3.63, 3.8) is 0 Å². The Kier molecular flexibility index (Phi) is 14.0. The van der Waals surface area contributed by atoms with Crippen LogP contribution in [-0.4, -0.2) is 15.2 Å². The molecule has 0 spiro atoms. The fourth-order valence-corrected chi connectivity index (χ4v) is 0. The van der Waals surface area contributed by atoms with Gasteiger partial charge in [-0.15, -0.1) is 0 Å². The van der Waals surface area contributed by atoms with Gasteiger partial charge in [0.2, 0.25) is 0 Å². The Morgan fingerprint density at radius 2 is 1.17 bits per heavy atom. The molecule has 0 aliphatic rings. The highest BCUT2D eigenvalue weighted by molar-refractivity contribution is 1.94. The highest BCUT2D eigenvalue weighted by Crippen LogP contribution is 1.38. The van der Waals surface area contributed by atoms with Crippen LogP contribution in [0.3, 0.4) is 0 Å². The average Bonchev–Trinajstić information content (AvgIpc) is 1.41. The lowest BCUT2D eigenvalue weighted by Gasteiger charge is -1.72. The molecule has 6 heavy (non-hydrogen) atoms. The lowest BCUT2D eigenvalue weighted by atomic mass is 15.0. The zero-order chi connectivity index (χ0) is 5.58. The van der Waals surface area contributed by atoms with Crippen molar-refractivity contribution in [2.45, 2.75) is 0 Å².